The molecule has 0 saturated carbocycles. The van der Waals surface area contributed by atoms with E-state index in [2.05, 4.69) is 0 Å². The van der Waals surface area contributed by atoms with Crippen LogP contribution in [0.15, 0.2) is 66.2 Å². The van der Waals surface area contributed by atoms with Crippen molar-refractivity contribution in [2.75, 3.05) is 18.1 Å². The molecule has 1 aliphatic heterocycles. The Hall–Kier alpha value is -4.17. The number of amides is 1. The van der Waals surface area contributed by atoms with Crippen molar-refractivity contribution in [2.24, 2.45) is 0 Å². The first-order valence-corrected chi connectivity index (χ1v) is 13.8. The molecule has 0 bridgehead atoms. The van der Waals surface area contributed by atoms with Crippen LogP contribution < -0.4 is 14.4 Å². The molecule has 1 aromatic heterocycles. The second kappa shape index (κ2) is 10.9. The number of aromatic nitrogens is 1. The molecule has 8 heteroatoms. The van der Waals surface area contributed by atoms with Gasteiger partial charge >= 0.3 is 5.91 Å². The third-order valence-corrected chi connectivity index (χ3v) is 7.56. The molecule has 3 aromatic carbocycles. The molecule has 1 unspecified atom stereocenters. The number of hydrogen-bond donors (Lipinski definition) is 1. The first kappa shape index (κ1) is 26.4. The van der Waals surface area contributed by atoms with Crippen molar-refractivity contribution in [3.05, 3.63) is 88.5 Å². The molecule has 4 aromatic rings. The number of Topliss-reactive ketones (excluding diaryl/α,β-unsaturated/α-hetero) is 1. The molecule has 39 heavy (non-hydrogen) atoms. The van der Waals surface area contributed by atoms with Gasteiger partial charge < -0.3 is 14.6 Å². The van der Waals surface area contributed by atoms with Crippen molar-refractivity contribution in [3.63, 3.8) is 0 Å². The van der Waals surface area contributed by atoms with Crippen LogP contribution >= 0.6 is 11.3 Å². The lowest BCUT2D eigenvalue weighted by molar-refractivity contribution is -0.132. The SMILES string of the molecule is CCCOc1ccc(C(O)=C2C(=O)C(=O)N(c3nc4c(C)cc(C)cc4s3)C2c2cccc(OCC)c2)cc1. The number of rotatable bonds is 8. The number of benzene rings is 3. The Balaban J connectivity index is 1.67. The van der Waals surface area contributed by atoms with Gasteiger partial charge in [-0.05, 0) is 86.3 Å². The van der Waals surface area contributed by atoms with E-state index in [4.69, 9.17) is 14.5 Å². The topological polar surface area (TPSA) is 89.0 Å². The van der Waals surface area contributed by atoms with E-state index in [-0.39, 0.29) is 11.3 Å². The third-order valence-electron chi connectivity index (χ3n) is 6.55. The molecule has 7 nitrogen and oxygen atoms in total. The smallest absolute Gasteiger partial charge is 0.301 e. The lowest BCUT2D eigenvalue weighted by atomic mass is 9.95. The molecule has 0 aliphatic carbocycles. The summed E-state index contributed by atoms with van der Waals surface area (Å²) in [6.07, 6.45) is 0.872. The lowest BCUT2D eigenvalue weighted by Crippen LogP contribution is -2.29. The number of carbonyl (C=O) groups is 2. The number of aliphatic hydroxyl groups excluding tert-OH is 1. The van der Waals surface area contributed by atoms with Gasteiger partial charge in [0, 0.05) is 5.56 Å². The highest BCUT2D eigenvalue weighted by atomic mass is 32.1. The summed E-state index contributed by atoms with van der Waals surface area (Å²) >= 11 is 1.35. The van der Waals surface area contributed by atoms with Gasteiger partial charge in [-0.25, -0.2) is 4.98 Å². The number of thiazole rings is 1. The molecule has 1 saturated heterocycles. The summed E-state index contributed by atoms with van der Waals surface area (Å²) in [5.74, 6) is -0.487. The molecule has 0 spiro atoms. The minimum Gasteiger partial charge on any atom is -0.507 e. The zero-order valence-corrected chi connectivity index (χ0v) is 23.2. The maximum absolute atomic E-state index is 13.6. The number of fused-ring (bicyclic) bond motifs is 1. The Morgan fingerprint density at radius 3 is 2.49 bits per heavy atom. The van der Waals surface area contributed by atoms with E-state index >= 15 is 0 Å². The summed E-state index contributed by atoms with van der Waals surface area (Å²) in [4.78, 5) is 33.3. The van der Waals surface area contributed by atoms with Gasteiger partial charge in [-0.3, -0.25) is 14.5 Å². The fourth-order valence-corrected chi connectivity index (χ4v) is 6.00. The number of ketones is 1. The van der Waals surface area contributed by atoms with Crippen LogP contribution in [0.2, 0.25) is 0 Å². The summed E-state index contributed by atoms with van der Waals surface area (Å²) in [7, 11) is 0. The standard InChI is InChI=1S/C31H30N2O5S/c1-5-14-38-22-12-10-20(11-13-22)28(34)25-27(21-8-7-9-23(17-21)37-6-2)33(30(36)29(25)35)31-32-26-19(4)15-18(3)16-24(26)39-31/h7-13,15-17,27,34H,5-6,14H2,1-4H3. The lowest BCUT2D eigenvalue weighted by Gasteiger charge is -2.23. The Morgan fingerprint density at radius 2 is 1.77 bits per heavy atom. The van der Waals surface area contributed by atoms with Crippen molar-refractivity contribution in [3.8, 4) is 11.5 Å². The predicted octanol–water partition coefficient (Wildman–Crippen LogP) is 6.73. The highest BCUT2D eigenvalue weighted by Crippen LogP contribution is 2.45. The Labute approximate surface area is 231 Å². The van der Waals surface area contributed by atoms with Gasteiger partial charge in [0.15, 0.2) is 5.13 Å². The summed E-state index contributed by atoms with van der Waals surface area (Å²) in [5.41, 5.74) is 3.92. The maximum atomic E-state index is 13.6. The summed E-state index contributed by atoms with van der Waals surface area (Å²) in [6.45, 7) is 8.94. The molecule has 1 N–H and O–H groups in total. The minimum absolute atomic E-state index is 0.00281. The largest absolute Gasteiger partial charge is 0.507 e. The number of hydrogen-bond acceptors (Lipinski definition) is 7. The Morgan fingerprint density at radius 1 is 1.00 bits per heavy atom. The van der Waals surface area contributed by atoms with E-state index in [1.165, 1.54) is 16.2 Å². The predicted molar refractivity (Wildman–Crippen MR) is 154 cm³/mol. The number of anilines is 1. The van der Waals surface area contributed by atoms with E-state index in [1.54, 1.807) is 30.3 Å². The van der Waals surface area contributed by atoms with Gasteiger partial charge in [0.05, 0.1) is 35.0 Å². The van der Waals surface area contributed by atoms with Gasteiger partial charge in [0.1, 0.15) is 17.3 Å². The van der Waals surface area contributed by atoms with Gasteiger partial charge in [-0.1, -0.05) is 36.5 Å². The fourth-order valence-electron chi connectivity index (χ4n) is 4.83. The van der Waals surface area contributed by atoms with Crippen LogP contribution in [0.5, 0.6) is 11.5 Å². The first-order valence-electron chi connectivity index (χ1n) is 13.0. The highest BCUT2D eigenvalue weighted by Gasteiger charge is 2.48. The summed E-state index contributed by atoms with van der Waals surface area (Å²) in [5, 5.41) is 11.9. The molecular formula is C31H30N2O5S. The number of nitrogens with zero attached hydrogens (tertiary/aromatic N) is 2. The van der Waals surface area contributed by atoms with Crippen LogP contribution in [0.3, 0.4) is 0 Å². The normalized spacial score (nSPS) is 16.7. The van der Waals surface area contributed by atoms with Crippen LogP contribution in [0.4, 0.5) is 5.13 Å². The summed E-state index contributed by atoms with van der Waals surface area (Å²) < 4.78 is 12.3. The van der Waals surface area contributed by atoms with Crippen molar-refractivity contribution in [1.82, 2.24) is 4.98 Å². The van der Waals surface area contributed by atoms with Gasteiger partial charge in [0.2, 0.25) is 0 Å². The Kier molecular flexibility index (Phi) is 7.39. The molecule has 1 atom stereocenters. The molecular weight excluding hydrogens is 512 g/mol. The van der Waals surface area contributed by atoms with Crippen molar-refractivity contribution < 1.29 is 24.2 Å². The zero-order chi connectivity index (χ0) is 27.7. The molecule has 1 fully saturated rings. The average molecular weight is 543 g/mol. The number of carbonyl (C=O) groups excluding carboxylic acids is 2. The molecule has 1 amide bonds. The second-order valence-corrected chi connectivity index (χ2v) is 10.5. The van der Waals surface area contributed by atoms with E-state index in [9.17, 15) is 14.7 Å². The average Bonchev–Trinajstić information content (AvgIpc) is 3.46. The van der Waals surface area contributed by atoms with Gasteiger partial charge in [-0.15, -0.1) is 0 Å². The van der Waals surface area contributed by atoms with Crippen molar-refractivity contribution in [2.45, 2.75) is 40.2 Å². The number of ether oxygens (including phenoxy) is 2. The van der Waals surface area contributed by atoms with Crippen LogP contribution in [-0.2, 0) is 9.59 Å². The highest BCUT2D eigenvalue weighted by molar-refractivity contribution is 7.22. The van der Waals surface area contributed by atoms with Crippen molar-refractivity contribution >= 4 is 44.1 Å². The third kappa shape index (κ3) is 5.00. The zero-order valence-electron chi connectivity index (χ0n) is 22.4. The first-order chi connectivity index (χ1) is 18.8. The minimum atomic E-state index is -0.886. The van der Waals surface area contributed by atoms with E-state index in [0.29, 0.717) is 41.0 Å². The van der Waals surface area contributed by atoms with E-state index in [0.717, 1.165) is 27.8 Å². The number of aryl methyl sites for hydroxylation is 2. The second-order valence-electron chi connectivity index (χ2n) is 9.47. The van der Waals surface area contributed by atoms with Crippen molar-refractivity contribution in [1.29, 1.82) is 0 Å². The van der Waals surface area contributed by atoms with Crippen LogP contribution in [0.25, 0.3) is 16.0 Å². The Bertz CT molecular complexity index is 1590. The maximum Gasteiger partial charge on any atom is 0.301 e. The summed E-state index contributed by atoms with van der Waals surface area (Å²) in [6, 6.07) is 17.3. The molecule has 200 valence electrons. The van der Waals surface area contributed by atoms with Crippen LogP contribution in [0, 0.1) is 13.8 Å². The van der Waals surface area contributed by atoms with E-state index in [1.807, 2.05) is 58.0 Å². The molecule has 5 rings (SSSR count). The van der Waals surface area contributed by atoms with Crippen LogP contribution in [0.1, 0.15) is 48.6 Å². The van der Waals surface area contributed by atoms with E-state index < -0.39 is 17.7 Å². The van der Waals surface area contributed by atoms with Gasteiger partial charge in [-0.2, -0.15) is 0 Å². The molecule has 2 heterocycles. The number of aliphatic hydroxyl groups is 1. The monoisotopic (exact) mass is 542 g/mol. The quantitative estimate of drug-likeness (QED) is 0.151. The van der Waals surface area contributed by atoms with Crippen LogP contribution in [-0.4, -0.2) is 35.0 Å². The molecule has 1 aliphatic rings. The molecule has 0 radical (unpaired) electrons. The van der Waals surface area contributed by atoms with Gasteiger partial charge in [0.25, 0.3) is 5.78 Å². The fraction of sp³-hybridized carbons (Fsp3) is 0.258.